The molecule has 4 aromatic rings. The van der Waals surface area contributed by atoms with E-state index in [1.807, 2.05) is 12.1 Å². The maximum atomic E-state index is 12.4. The van der Waals surface area contributed by atoms with Gasteiger partial charge in [-0.15, -0.1) is 0 Å². The summed E-state index contributed by atoms with van der Waals surface area (Å²) in [6.07, 6.45) is 8.15. The molecule has 166 valence electrons. The molecular formula is C25H30N6O. The molecule has 0 amide bonds. The minimum Gasteiger partial charge on any atom is -0.399 e. The third-order valence-electron chi connectivity index (χ3n) is 5.81. The number of imidazole rings is 1. The van der Waals surface area contributed by atoms with E-state index in [1.165, 1.54) is 0 Å². The number of carbonyl (C=O) groups excluding carboxylic acids is 1. The zero-order valence-corrected chi connectivity index (χ0v) is 18.6. The van der Waals surface area contributed by atoms with Crippen molar-refractivity contribution < 1.29 is 4.79 Å². The van der Waals surface area contributed by atoms with Crippen molar-refractivity contribution in [1.82, 2.24) is 19.5 Å². The van der Waals surface area contributed by atoms with Crippen LogP contribution >= 0.6 is 0 Å². The lowest BCUT2D eigenvalue weighted by atomic mass is 10.0. The fraction of sp³-hybridized carbons (Fsp3) is 0.360. The van der Waals surface area contributed by atoms with Gasteiger partial charge in [-0.25, -0.2) is 9.97 Å². The average Bonchev–Trinajstić information content (AvgIpc) is 3.17. The number of nitrogens with zero attached hydrogens (tertiary/aromatic N) is 4. The molecule has 3 aromatic heterocycles. The number of hydrogen-bond acceptors (Lipinski definition) is 6. The predicted molar refractivity (Wildman–Crippen MR) is 130 cm³/mol. The predicted octanol–water partition coefficient (Wildman–Crippen LogP) is 4.93. The Morgan fingerprint density at radius 3 is 2.56 bits per heavy atom. The number of carbonyl (C=O) groups is 1. The summed E-state index contributed by atoms with van der Waals surface area (Å²) < 4.78 is 2.26. The van der Waals surface area contributed by atoms with E-state index < -0.39 is 0 Å². The van der Waals surface area contributed by atoms with Crippen LogP contribution in [0.3, 0.4) is 0 Å². The zero-order valence-electron chi connectivity index (χ0n) is 18.6. The van der Waals surface area contributed by atoms with E-state index >= 15 is 0 Å². The standard InChI is InChI=1S/C25H30N6O/c1-2-3-10-21-30-23-24(22-19(29-25(23)27)8-7-15-28-22)31(21)16-6-4-5-9-20(32)17-11-13-18(26)14-12-17/h7-8,11-15H,2-6,9-10,16,26H2,1H3,(H2,27,29). The summed E-state index contributed by atoms with van der Waals surface area (Å²) >= 11 is 0. The highest BCUT2D eigenvalue weighted by atomic mass is 16.1. The SMILES string of the molecule is CCCCc1nc2c(N)nc3cccnc3c2n1CCCCCC(=O)c1ccc(N)cc1. The quantitative estimate of drug-likeness (QED) is 0.209. The Labute approximate surface area is 187 Å². The van der Waals surface area contributed by atoms with Crippen molar-refractivity contribution in [2.75, 3.05) is 11.5 Å². The highest BCUT2D eigenvalue weighted by molar-refractivity contribution is 6.04. The van der Waals surface area contributed by atoms with Crippen LogP contribution in [-0.4, -0.2) is 25.3 Å². The molecule has 7 nitrogen and oxygen atoms in total. The average molecular weight is 431 g/mol. The van der Waals surface area contributed by atoms with Crippen LogP contribution in [0.4, 0.5) is 11.5 Å². The Hall–Kier alpha value is -3.48. The Balaban J connectivity index is 1.49. The van der Waals surface area contributed by atoms with E-state index in [1.54, 1.807) is 30.5 Å². The monoisotopic (exact) mass is 430 g/mol. The summed E-state index contributed by atoms with van der Waals surface area (Å²) in [7, 11) is 0. The van der Waals surface area contributed by atoms with E-state index in [-0.39, 0.29) is 5.78 Å². The number of nitrogens with two attached hydrogens (primary N) is 2. The second-order valence-corrected chi connectivity index (χ2v) is 8.20. The number of unbranched alkanes of at least 4 members (excludes halogenated alkanes) is 3. The first kappa shape index (κ1) is 21.7. The first-order chi connectivity index (χ1) is 15.6. The number of anilines is 2. The first-order valence-electron chi connectivity index (χ1n) is 11.4. The number of nitrogen functional groups attached to an aromatic ring is 2. The summed E-state index contributed by atoms with van der Waals surface area (Å²) in [5.41, 5.74) is 16.7. The molecule has 4 N–H and O–H groups in total. The van der Waals surface area contributed by atoms with E-state index in [2.05, 4.69) is 21.5 Å². The molecular weight excluding hydrogens is 400 g/mol. The van der Waals surface area contributed by atoms with Gasteiger partial charge in [0.15, 0.2) is 11.6 Å². The lowest BCUT2D eigenvalue weighted by molar-refractivity contribution is 0.0979. The van der Waals surface area contributed by atoms with Gasteiger partial charge in [0.05, 0.1) is 5.52 Å². The highest BCUT2D eigenvalue weighted by Crippen LogP contribution is 2.28. The smallest absolute Gasteiger partial charge is 0.162 e. The normalized spacial score (nSPS) is 11.4. The fourth-order valence-electron chi connectivity index (χ4n) is 4.08. The van der Waals surface area contributed by atoms with E-state index in [9.17, 15) is 4.79 Å². The van der Waals surface area contributed by atoms with Crippen molar-refractivity contribution in [2.24, 2.45) is 0 Å². The summed E-state index contributed by atoms with van der Waals surface area (Å²) in [6.45, 7) is 3.00. The van der Waals surface area contributed by atoms with E-state index in [0.717, 1.165) is 78.5 Å². The van der Waals surface area contributed by atoms with Gasteiger partial charge in [0.1, 0.15) is 22.4 Å². The summed E-state index contributed by atoms with van der Waals surface area (Å²) in [5.74, 6) is 1.65. The molecule has 0 fully saturated rings. The van der Waals surface area contributed by atoms with Crippen molar-refractivity contribution in [3.63, 3.8) is 0 Å². The molecule has 0 bridgehead atoms. The maximum Gasteiger partial charge on any atom is 0.162 e. The van der Waals surface area contributed by atoms with Crippen LogP contribution in [0, 0.1) is 0 Å². The first-order valence-corrected chi connectivity index (χ1v) is 11.4. The lowest BCUT2D eigenvalue weighted by Gasteiger charge is -2.10. The van der Waals surface area contributed by atoms with E-state index in [0.29, 0.717) is 17.9 Å². The molecule has 0 aliphatic heterocycles. The molecule has 0 aliphatic carbocycles. The number of rotatable bonds is 10. The maximum absolute atomic E-state index is 12.4. The molecule has 0 unspecified atom stereocenters. The molecule has 1 aromatic carbocycles. The molecule has 3 heterocycles. The number of aryl methyl sites for hydroxylation is 2. The van der Waals surface area contributed by atoms with Gasteiger partial charge < -0.3 is 16.0 Å². The van der Waals surface area contributed by atoms with Crippen molar-refractivity contribution in [2.45, 2.75) is 58.4 Å². The second kappa shape index (κ2) is 9.77. The van der Waals surface area contributed by atoms with Gasteiger partial charge in [0.2, 0.25) is 0 Å². The molecule has 0 saturated carbocycles. The minimum absolute atomic E-state index is 0.163. The number of aromatic nitrogens is 4. The second-order valence-electron chi connectivity index (χ2n) is 8.20. The number of pyridine rings is 2. The summed E-state index contributed by atoms with van der Waals surface area (Å²) in [6, 6.07) is 10.9. The van der Waals surface area contributed by atoms with Crippen LogP contribution in [-0.2, 0) is 13.0 Å². The number of ketones is 1. The zero-order chi connectivity index (χ0) is 22.5. The Kier molecular flexibility index (Phi) is 6.63. The molecule has 0 radical (unpaired) electrons. The molecule has 0 aliphatic rings. The van der Waals surface area contributed by atoms with Crippen molar-refractivity contribution in [3.05, 3.63) is 54.0 Å². The fourth-order valence-corrected chi connectivity index (χ4v) is 4.08. The molecule has 0 spiro atoms. The number of fused-ring (bicyclic) bond motifs is 3. The largest absolute Gasteiger partial charge is 0.399 e. The molecule has 4 rings (SSSR count). The number of hydrogen-bond donors (Lipinski definition) is 2. The summed E-state index contributed by atoms with van der Waals surface area (Å²) in [4.78, 5) is 26.3. The number of Topliss-reactive ketones (excluding diaryl/α,β-unsaturated/α-hetero) is 1. The van der Waals surface area contributed by atoms with Gasteiger partial charge in [0, 0.05) is 36.8 Å². The van der Waals surface area contributed by atoms with Crippen molar-refractivity contribution in [3.8, 4) is 0 Å². The summed E-state index contributed by atoms with van der Waals surface area (Å²) in [5, 5.41) is 0. The Bertz CT molecular complexity index is 1230. The van der Waals surface area contributed by atoms with Crippen LogP contribution in [0.1, 0.15) is 61.6 Å². The van der Waals surface area contributed by atoms with Gasteiger partial charge >= 0.3 is 0 Å². The van der Waals surface area contributed by atoms with Gasteiger partial charge in [0.25, 0.3) is 0 Å². The molecule has 7 heteroatoms. The lowest BCUT2D eigenvalue weighted by Crippen LogP contribution is -2.06. The molecule has 0 saturated heterocycles. The van der Waals surface area contributed by atoms with Gasteiger partial charge in [-0.2, -0.15) is 0 Å². The third-order valence-corrected chi connectivity index (χ3v) is 5.81. The van der Waals surface area contributed by atoms with Crippen LogP contribution in [0.15, 0.2) is 42.6 Å². The highest BCUT2D eigenvalue weighted by Gasteiger charge is 2.17. The van der Waals surface area contributed by atoms with Crippen molar-refractivity contribution >= 4 is 39.4 Å². The van der Waals surface area contributed by atoms with Crippen LogP contribution in [0.25, 0.3) is 22.1 Å². The molecule has 32 heavy (non-hydrogen) atoms. The van der Waals surface area contributed by atoms with Gasteiger partial charge in [-0.3, -0.25) is 9.78 Å². The Morgan fingerprint density at radius 1 is 0.969 bits per heavy atom. The van der Waals surface area contributed by atoms with Crippen LogP contribution < -0.4 is 11.5 Å². The topological polar surface area (TPSA) is 113 Å². The minimum atomic E-state index is 0.163. The van der Waals surface area contributed by atoms with Crippen LogP contribution in [0.2, 0.25) is 0 Å². The third kappa shape index (κ3) is 4.56. The number of benzene rings is 1. The molecule has 0 atom stereocenters. The van der Waals surface area contributed by atoms with Gasteiger partial charge in [-0.1, -0.05) is 19.8 Å². The Morgan fingerprint density at radius 2 is 1.78 bits per heavy atom. The van der Waals surface area contributed by atoms with E-state index in [4.69, 9.17) is 16.5 Å². The van der Waals surface area contributed by atoms with Crippen molar-refractivity contribution in [1.29, 1.82) is 0 Å². The van der Waals surface area contributed by atoms with Gasteiger partial charge in [-0.05, 0) is 55.7 Å². The van der Waals surface area contributed by atoms with Crippen LogP contribution in [0.5, 0.6) is 0 Å².